The number of aryl methyl sites for hydroxylation is 2. The number of hydrogen-bond donors (Lipinski definition) is 1. The van der Waals surface area contributed by atoms with E-state index in [-0.39, 0.29) is 6.10 Å². The van der Waals surface area contributed by atoms with E-state index in [1.54, 1.807) is 0 Å². The fourth-order valence-electron chi connectivity index (χ4n) is 2.70. The highest BCUT2D eigenvalue weighted by atomic mass is 16.5. The summed E-state index contributed by atoms with van der Waals surface area (Å²) < 4.78 is 6.27. The van der Waals surface area contributed by atoms with E-state index in [9.17, 15) is 0 Å². The van der Waals surface area contributed by atoms with Gasteiger partial charge in [-0.1, -0.05) is 23.8 Å². The molecule has 2 atom stereocenters. The smallest absolute Gasteiger partial charge is 0.0956 e. The summed E-state index contributed by atoms with van der Waals surface area (Å²) >= 11 is 0. The molecule has 17 heavy (non-hydrogen) atoms. The maximum absolute atomic E-state index is 6.27. The Balaban J connectivity index is 1.79. The number of hydrogen-bond acceptors (Lipinski definition) is 2. The van der Waals surface area contributed by atoms with Crippen molar-refractivity contribution in [2.45, 2.75) is 38.9 Å². The molecule has 1 aromatic carbocycles. The minimum Gasteiger partial charge on any atom is -0.367 e. The van der Waals surface area contributed by atoms with E-state index >= 15 is 0 Å². The summed E-state index contributed by atoms with van der Waals surface area (Å²) in [6.45, 7) is 6.32. The van der Waals surface area contributed by atoms with Crippen LogP contribution in [0.4, 0.5) is 0 Å². The molecule has 1 aliphatic heterocycles. The van der Waals surface area contributed by atoms with Gasteiger partial charge in [0, 0.05) is 13.1 Å². The van der Waals surface area contributed by atoms with E-state index in [0.717, 1.165) is 19.0 Å². The molecule has 1 N–H and O–H groups in total. The van der Waals surface area contributed by atoms with Gasteiger partial charge in [0.05, 0.1) is 12.2 Å². The molecule has 3 rings (SSSR count). The average Bonchev–Trinajstić information content (AvgIpc) is 3.17. The van der Waals surface area contributed by atoms with Crippen LogP contribution in [0.25, 0.3) is 0 Å². The van der Waals surface area contributed by atoms with Gasteiger partial charge in [0.1, 0.15) is 0 Å². The van der Waals surface area contributed by atoms with Gasteiger partial charge in [0.2, 0.25) is 0 Å². The molecule has 2 unspecified atom stereocenters. The van der Waals surface area contributed by atoms with Crippen LogP contribution >= 0.6 is 0 Å². The fourth-order valence-corrected chi connectivity index (χ4v) is 2.70. The fraction of sp³-hybridized carbons (Fsp3) is 0.600. The molecule has 1 saturated carbocycles. The van der Waals surface area contributed by atoms with Crippen LogP contribution in [0.5, 0.6) is 0 Å². The van der Waals surface area contributed by atoms with Crippen LogP contribution in [-0.2, 0) is 4.74 Å². The van der Waals surface area contributed by atoms with Crippen molar-refractivity contribution in [3.63, 3.8) is 0 Å². The average molecular weight is 231 g/mol. The monoisotopic (exact) mass is 231 g/mol. The second-order valence-corrected chi connectivity index (χ2v) is 5.52. The Labute approximate surface area is 103 Å². The standard InChI is InChI=1S/C15H21NO/c1-10-3-4-11(2)13(7-10)15-9-16-8-14(17-15)12-5-6-12/h3-4,7,12,14-16H,5-6,8-9H2,1-2H3. The molecule has 0 amide bonds. The summed E-state index contributed by atoms with van der Waals surface area (Å²) in [6, 6.07) is 6.65. The molecule has 1 saturated heterocycles. The van der Waals surface area contributed by atoms with Gasteiger partial charge in [-0.2, -0.15) is 0 Å². The zero-order valence-corrected chi connectivity index (χ0v) is 10.7. The van der Waals surface area contributed by atoms with Crippen molar-refractivity contribution >= 4 is 0 Å². The first-order valence-electron chi connectivity index (χ1n) is 6.67. The summed E-state index contributed by atoms with van der Waals surface area (Å²) in [6.07, 6.45) is 3.39. The van der Waals surface area contributed by atoms with Crippen LogP contribution in [0, 0.1) is 19.8 Å². The second-order valence-electron chi connectivity index (χ2n) is 5.52. The Bertz CT molecular complexity index is 411. The molecule has 0 spiro atoms. The highest BCUT2D eigenvalue weighted by Gasteiger charge is 2.36. The molecule has 1 heterocycles. The summed E-state index contributed by atoms with van der Waals surface area (Å²) in [4.78, 5) is 0. The van der Waals surface area contributed by atoms with Gasteiger partial charge in [-0.15, -0.1) is 0 Å². The van der Waals surface area contributed by atoms with Crippen molar-refractivity contribution in [2.24, 2.45) is 5.92 Å². The second kappa shape index (κ2) is 4.43. The summed E-state index contributed by atoms with van der Waals surface area (Å²) in [5, 5.41) is 3.53. The summed E-state index contributed by atoms with van der Waals surface area (Å²) in [5.74, 6) is 0.815. The Morgan fingerprint density at radius 3 is 2.76 bits per heavy atom. The largest absolute Gasteiger partial charge is 0.367 e. The third-order valence-corrected chi connectivity index (χ3v) is 3.94. The third kappa shape index (κ3) is 2.38. The Morgan fingerprint density at radius 1 is 1.18 bits per heavy atom. The molecule has 92 valence electrons. The topological polar surface area (TPSA) is 21.3 Å². The minimum absolute atomic E-state index is 0.245. The van der Waals surface area contributed by atoms with Crippen LogP contribution in [0.2, 0.25) is 0 Å². The minimum atomic E-state index is 0.245. The summed E-state index contributed by atoms with van der Waals surface area (Å²) in [7, 11) is 0. The number of benzene rings is 1. The SMILES string of the molecule is Cc1ccc(C)c(C2CNCC(C3CC3)O2)c1. The predicted octanol–water partition coefficient (Wildman–Crippen LogP) is 2.74. The molecule has 0 radical (unpaired) electrons. The van der Waals surface area contributed by atoms with Crippen molar-refractivity contribution in [3.05, 3.63) is 34.9 Å². The van der Waals surface area contributed by atoms with E-state index in [4.69, 9.17) is 4.74 Å². The van der Waals surface area contributed by atoms with Crippen LogP contribution in [0.15, 0.2) is 18.2 Å². The maximum atomic E-state index is 6.27. The van der Waals surface area contributed by atoms with Gasteiger partial charge < -0.3 is 10.1 Å². The first-order chi connectivity index (χ1) is 8.24. The lowest BCUT2D eigenvalue weighted by molar-refractivity contribution is -0.0496. The summed E-state index contributed by atoms with van der Waals surface area (Å²) in [5.41, 5.74) is 4.03. The molecular weight excluding hydrogens is 210 g/mol. The van der Waals surface area contributed by atoms with E-state index < -0.39 is 0 Å². The zero-order valence-electron chi connectivity index (χ0n) is 10.7. The molecule has 2 aliphatic rings. The van der Waals surface area contributed by atoms with Crippen molar-refractivity contribution in [1.82, 2.24) is 5.32 Å². The highest BCUT2D eigenvalue weighted by molar-refractivity contribution is 5.32. The number of ether oxygens (including phenoxy) is 1. The highest BCUT2D eigenvalue weighted by Crippen LogP contribution is 2.38. The van der Waals surface area contributed by atoms with Gasteiger partial charge >= 0.3 is 0 Å². The van der Waals surface area contributed by atoms with Crippen LogP contribution in [0.1, 0.15) is 35.6 Å². The molecule has 2 fully saturated rings. The lowest BCUT2D eigenvalue weighted by Crippen LogP contribution is -2.41. The lowest BCUT2D eigenvalue weighted by atomic mass is 9.99. The van der Waals surface area contributed by atoms with Crippen molar-refractivity contribution < 1.29 is 4.74 Å². The molecular formula is C15H21NO. The van der Waals surface area contributed by atoms with Gasteiger partial charge in [0.15, 0.2) is 0 Å². The van der Waals surface area contributed by atoms with Crippen molar-refractivity contribution in [2.75, 3.05) is 13.1 Å². The van der Waals surface area contributed by atoms with Crippen molar-refractivity contribution in [3.8, 4) is 0 Å². The van der Waals surface area contributed by atoms with E-state index in [2.05, 4.69) is 37.4 Å². The number of rotatable bonds is 2. The Hall–Kier alpha value is -0.860. The number of morpholine rings is 1. The van der Waals surface area contributed by atoms with Crippen molar-refractivity contribution in [1.29, 1.82) is 0 Å². The Kier molecular flexibility index (Phi) is 2.93. The van der Waals surface area contributed by atoms with Gasteiger partial charge in [0.25, 0.3) is 0 Å². The molecule has 1 aliphatic carbocycles. The normalized spacial score (nSPS) is 29.3. The Morgan fingerprint density at radius 2 is 2.00 bits per heavy atom. The molecule has 2 heteroatoms. The van der Waals surface area contributed by atoms with Crippen LogP contribution in [0.3, 0.4) is 0 Å². The van der Waals surface area contributed by atoms with E-state index in [1.807, 2.05) is 0 Å². The first kappa shape index (κ1) is 11.2. The predicted molar refractivity (Wildman–Crippen MR) is 69.1 cm³/mol. The zero-order chi connectivity index (χ0) is 11.8. The molecule has 2 nitrogen and oxygen atoms in total. The van der Waals surface area contributed by atoms with E-state index in [0.29, 0.717) is 6.10 Å². The lowest BCUT2D eigenvalue weighted by Gasteiger charge is -2.32. The molecule has 0 bridgehead atoms. The van der Waals surface area contributed by atoms with Crippen LogP contribution in [-0.4, -0.2) is 19.2 Å². The molecule has 1 aromatic rings. The third-order valence-electron chi connectivity index (χ3n) is 3.94. The van der Waals surface area contributed by atoms with Gasteiger partial charge in [-0.05, 0) is 43.7 Å². The van der Waals surface area contributed by atoms with E-state index in [1.165, 1.54) is 29.5 Å². The quantitative estimate of drug-likeness (QED) is 0.845. The first-order valence-corrected chi connectivity index (χ1v) is 6.67. The van der Waals surface area contributed by atoms with Gasteiger partial charge in [-0.3, -0.25) is 0 Å². The van der Waals surface area contributed by atoms with Gasteiger partial charge in [-0.25, -0.2) is 0 Å². The number of nitrogens with one attached hydrogen (secondary N) is 1. The maximum Gasteiger partial charge on any atom is 0.0956 e. The molecule has 0 aromatic heterocycles. The van der Waals surface area contributed by atoms with Crippen LogP contribution < -0.4 is 5.32 Å².